The molecule has 35 heavy (non-hydrogen) atoms. The molecule has 0 unspecified atom stereocenters. The highest BCUT2D eigenvalue weighted by Gasteiger charge is 2.40. The van der Waals surface area contributed by atoms with Crippen LogP contribution in [0, 0.1) is 18.3 Å². The van der Waals surface area contributed by atoms with Gasteiger partial charge in [-0.1, -0.05) is 72.8 Å². The second-order valence-corrected chi connectivity index (χ2v) is 9.80. The fourth-order valence-corrected chi connectivity index (χ4v) is 5.31. The van der Waals surface area contributed by atoms with Crippen molar-refractivity contribution < 1.29 is 9.59 Å². The third-order valence-corrected chi connectivity index (χ3v) is 7.47. The van der Waals surface area contributed by atoms with Gasteiger partial charge in [0.25, 0.3) is 5.91 Å². The van der Waals surface area contributed by atoms with Crippen molar-refractivity contribution >= 4 is 46.6 Å². The summed E-state index contributed by atoms with van der Waals surface area (Å²) in [6, 6.07) is 24.3. The van der Waals surface area contributed by atoms with E-state index < -0.39 is 11.2 Å². The lowest BCUT2D eigenvalue weighted by molar-refractivity contribution is -0.117. The van der Waals surface area contributed by atoms with Crippen molar-refractivity contribution in [1.82, 2.24) is 0 Å². The average molecular weight is 502 g/mol. The van der Waals surface area contributed by atoms with Crippen LogP contribution >= 0.6 is 23.4 Å². The van der Waals surface area contributed by atoms with E-state index in [0.29, 0.717) is 27.8 Å². The minimum Gasteiger partial charge on any atom is -0.321 e. The largest absolute Gasteiger partial charge is 0.321 e. The molecule has 1 saturated heterocycles. The van der Waals surface area contributed by atoms with Gasteiger partial charge in [-0.3, -0.25) is 14.5 Å². The van der Waals surface area contributed by atoms with Crippen LogP contribution in [0.2, 0.25) is 5.02 Å². The molecule has 0 aliphatic carbocycles. The van der Waals surface area contributed by atoms with Crippen LogP contribution in [0.25, 0.3) is 0 Å². The first kappa shape index (κ1) is 24.6. The number of para-hydroxylation sites is 1. The van der Waals surface area contributed by atoms with Gasteiger partial charge in [-0.05, 0) is 66.8 Å². The van der Waals surface area contributed by atoms with E-state index in [1.165, 1.54) is 16.7 Å². The highest BCUT2D eigenvalue weighted by molar-refractivity contribution is 8.05. The van der Waals surface area contributed by atoms with Gasteiger partial charge in [0.2, 0.25) is 5.91 Å². The molecular formula is C28H24ClN3O2S. The Balaban J connectivity index is 1.69. The summed E-state index contributed by atoms with van der Waals surface area (Å²) >= 11 is 7.53. The second kappa shape index (κ2) is 10.8. The molecule has 1 heterocycles. The Morgan fingerprint density at radius 2 is 1.77 bits per heavy atom. The molecule has 0 saturated carbocycles. The molecule has 1 N–H and O–H groups in total. The fourth-order valence-electron chi connectivity index (χ4n) is 3.79. The van der Waals surface area contributed by atoms with E-state index in [4.69, 9.17) is 11.6 Å². The van der Waals surface area contributed by atoms with E-state index in [9.17, 15) is 14.9 Å². The number of halogens is 1. The molecular weight excluding hydrogens is 478 g/mol. The van der Waals surface area contributed by atoms with Crippen molar-refractivity contribution in [3.05, 3.63) is 105 Å². The average Bonchev–Trinajstić information content (AvgIpc) is 3.18. The van der Waals surface area contributed by atoms with E-state index in [2.05, 4.69) is 12.2 Å². The van der Waals surface area contributed by atoms with Gasteiger partial charge in [0.15, 0.2) is 0 Å². The summed E-state index contributed by atoms with van der Waals surface area (Å²) in [6.45, 7) is 3.98. The van der Waals surface area contributed by atoms with Crippen molar-refractivity contribution in [2.24, 2.45) is 0 Å². The predicted molar refractivity (Wildman–Crippen MR) is 142 cm³/mol. The van der Waals surface area contributed by atoms with Crippen LogP contribution in [0.5, 0.6) is 0 Å². The number of hydrogen-bond acceptors (Lipinski definition) is 4. The van der Waals surface area contributed by atoms with Crippen molar-refractivity contribution in [1.29, 1.82) is 5.26 Å². The minimum atomic E-state index is -0.549. The van der Waals surface area contributed by atoms with Crippen LogP contribution < -0.4 is 10.2 Å². The summed E-state index contributed by atoms with van der Waals surface area (Å²) in [6.07, 6.45) is 1.31. The number of thioether (sulfide) groups is 1. The van der Waals surface area contributed by atoms with Crippen LogP contribution in [0.3, 0.4) is 0 Å². The molecule has 7 heteroatoms. The lowest BCUT2D eigenvalue weighted by Gasteiger charge is -2.18. The van der Waals surface area contributed by atoms with Crippen LogP contribution in [0.4, 0.5) is 11.4 Å². The number of rotatable bonds is 6. The van der Waals surface area contributed by atoms with E-state index in [1.54, 1.807) is 12.1 Å². The first-order chi connectivity index (χ1) is 16.9. The van der Waals surface area contributed by atoms with Crippen molar-refractivity contribution in [2.45, 2.75) is 31.9 Å². The maximum atomic E-state index is 13.5. The van der Waals surface area contributed by atoms with E-state index in [0.717, 1.165) is 23.1 Å². The number of nitrogens with one attached hydrogen (secondary N) is 1. The van der Waals surface area contributed by atoms with Crippen LogP contribution in [0.15, 0.2) is 83.4 Å². The molecule has 1 aliphatic rings. The molecule has 4 rings (SSSR count). The third kappa shape index (κ3) is 5.43. The molecule has 5 nitrogen and oxygen atoms in total. The van der Waals surface area contributed by atoms with Crippen LogP contribution in [0.1, 0.15) is 23.6 Å². The first-order valence-electron chi connectivity index (χ1n) is 11.3. The lowest BCUT2D eigenvalue weighted by Crippen LogP contribution is -2.30. The Morgan fingerprint density at radius 1 is 1.09 bits per heavy atom. The molecule has 1 aliphatic heterocycles. The van der Waals surface area contributed by atoms with E-state index in [-0.39, 0.29) is 11.5 Å². The summed E-state index contributed by atoms with van der Waals surface area (Å²) < 4.78 is 0. The summed E-state index contributed by atoms with van der Waals surface area (Å²) in [5.74, 6) is -0.729. The lowest BCUT2D eigenvalue weighted by atomic mass is 10.1. The molecule has 2 amide bonds. The minimum absolute atomic E-state index is 0.101. The number of amides is 2. The van der Waals surface area contributed by atoms with Gasteiger partial charge >= 0.3 is 0 Å². The Bertz CT molecular complexity index is 1330. The SMILES string of the molecule is CCc1ccc(NC(=O)/C(C#N)=C2/S[C@H](Cc3ccc(C)c(Cl)c3)C(=O)N2c2ccccc2)cc1. The number of anilines is 2. The molecule has 0 spiro atoms. The number of carbonyl (C=O) groups excluding carboxylic acids is 2. The Labute approximate surface area is 214 Å². The molecule has 0 bridgehead atoms. The monoisotopic (exact) mass is 501 g/mol. The van der Waals surface area contributed by atoms with Crippen molar-refractivity contribution in [3.63, 3.8) is 0 Å². The standard InChI is InChI=1S/C28H24ClN3O2S/c1-3-19-11-13-21(14-12-19)31-26(33)23(17-30)28-32(22-7-5-4-6-8-22)27(34)25(35-28)16-20-10-9-18(2)24(29)15-20/h4-15,25H,3,16H2,1-2H3,(H,31,33)/b28-23+/t25-/m1/s1. The Kier molecular flexibility index (Phi) is 7.60. The zero-order valence-corrected chi connectivity index (χ0v) is 21.0. The van der Waals surface area contributed by atoms with Gasteiger partial charge in [0, 0.05) is 16.4 Å². The summed E-state index contributed by atoms with van der Waals surface area (Å²) in [7, 11) is 0. The summed E-state index contributed by atoms with van der Waals surface area (Å²) in [5, 5.41) is 13.2. The van der Waals surface area contributed by atoms with Gasteiger partial charge in [-0.25, -0.2) is 0 Å². The summed E-state index contributed by atoms with van der Waals surface area (Å²) in [5.41, 5.74) is 4.12. The van der Waals surface area contributed by atoms with Gasteiger partial charge in [0.1, 0.15) is 16.7 Å². The van der Waals surface area contributed by atoms with Gasteiger partial charge in [0.05, 0.1) is 5.25 Å². The maximum Gasteiger partial charge on any atom is 0.269 e. The number of nitriles is 1. The number of nitrogens with zero attached hydrogens (tertiary/aromatic N) is 2. The first-order valence-corrected chi connectivity index (χ1v) is 12.5. The third-order valence-electron chi connectivity index (χ3n) is 5.80. The van der Waals surface area contributed by atoms with Crippen LogP contribution in [-0.2, 0) is 22.4 Å². The zero-order valence-electron chi connectivity index (χ0n) is 19.4. The van der Waals surface area contributed by atoms with Gasteiger partial charge < -0.3 is 5.32 Å². The topological polar surface area (TPSA) is 73.2 Å². The zero-order chi connectivity index (χ0) is 24.9. The molecule has 0 radical (unpaired) electrons. The predicted octanol–water partition coefficient (Wildman–Crippen LogP) is 6.28. The van der Waals surface area contributed by atoms with E-state index >= 15 is 0 Å². The molecule has 1 fully saturated rings. The van der Waals surface area contributed by atoms with Gasteiger partial charge in [-0.2, -0.15) is 5.26 Å². The normalized spacial score (nSPS) is 16.7. The molecule has 3 aromatic rings. The maximum absolute atomic E-state index is 13.5. The highest BCUT2D eigenvalue weighted by Crippen LogP contribution is 2.42. The number of benzene rings is 3. The second-order valence-electron chi connectivity index (χ2n) is 8.20. The molecule has 3 aromatic carbocycles. The van der Waals surface area contributed by atoms with Crippen molar-refractivity contribution in [2.75, 3.05) is 10.2 Å². The number of aryl methyl sites for hydroxylation is 2. The number of carbonyl (C=O) groups is 2. The summed E-state index contributed by atoms with van der Waals surface area (Å²) in [4.78, 5) is 28.2. The highest BCUT2D eigenvalue weighted by atomic mass is 35.5. The van der Waals surface area contributed by atoms with Crippen LogP contribution in [-0.4, -0.2) is 17.1 Å². The smallest absolute Gasteiger partial charge is 0.269 e. The molecule has 176 valence electrons. The number of hydrogen-bond donors (Lipinski definition) is 1. The molecule has 0 aromatic heterocycles. The van der Waals surface area contributed by atoms with Gasteiger partial charge in [-0.15, -0.1) is 0 Å². The van der Waals surface area contributed by atoms with E-state index in [1.807, 2.05) is 73.7 Å². The Morgan fingerprint density at radius 3 is 2.40 bits per heavy atom. The Hall–Kier alpha value is -3.53. The molecule has 1 atom stereocenters. The fraction of sp³-hybridized carbons (Fsp3) is 0.179. The quantitative estimate of drug-likeness (QED) is 0.319. The van der Waals surface area contributed by atoms with Crippen molar-refractivity contribution in [3.8, 4) is 6.07 Å².